The maximum atomic E-state index is 9.44. The molecule has 3 rings (SSSR count). The molecule has 0 saturated heterocycles. The molecule has 1 aromatic heterocycles. The smallest absolute Gasteiger partial charge is 0.103 e. The fourth-order valence-electron chi connectivity index (χ4n) is 2.48. The Bertz CT molecular complexity index is 911. The predicted octanol–water partition coefficient (Wildman–Crippen LogP) is 4.78. The summed E-state index contributed by atoms with van der Waals surface area (Å²) in [6.07, 6.45) is 7.85. The number of nitriles is 1. The molecule has 24 heavy (non-hydrogen) atoms. The quantitative estimate of drug-likeness (QED) is 0.651. The number of aryl methyl sites for hydroxylation is 1. The molecule has 0 aliphatic heterocycles. The van der Waals surface area contributed by atoms with E-state index in [-0.39, 0.29) is 0 Å². The second-order valence-electron chi connectivity index (χ2n) is 5.33. The Balaban J connectivity index is 1.94. The molecule has 0 N–H and O–H groups in total. The maximum Gasteiger partial charge on any atom is 0.103 e. The van der Waals surface area contributed by atoms with E-state index in [0.29, 0.717) is 5.56 Å². The van der Waals surface area contributed by atoms with Gasteiger partial charge in [-0.25, -0.2) is 4.68 Å². The minimum Gasteiger partial charge on any atom is -0.232 e. The number of benzene rings is 2. The van der Waals surface area contributed by atoms with Gasteiger partial charge in [-0.15, -0.1) is 0 Å². The summed E-state index contributed by atoms with van der Waals surface area (Å²) in [4.78, 5) is 0. The van der Waals surface area contributed by atoms with Crippen molar-refractivity contribution in [2.45, 2.75) is 6.92 Å². The van der Waals surface area contributed by atoms with Gasteiger partial charge >= 0.3 is 0 Å². The lowest BCUT2D eigenvalue weighted by molar-refractivity contribution is 0.854. The van der Waals surface area contributed by atoms with E-state index in [0.717, 1.165) is 22.6 Å². The predicted molar refractivity (Wildman–Crippen MR) is 97.5 cm³/mol. The molecule has 0 bridgehead atoms. The van der Waals surface area contributed by atoms with E-state index in [9.17, 15) is 5.26 Å². The molecule has 1 heterocycles. The lowest BCUT2D eigenvalue weighted by Gasteiger charge is -2.03. The molecule has 0 fully saturated rings. The standard InChI is InChI=1S/C21H17N3/c1-17-20(16-22)21(24(23-17)19-13-6-3-7-14-19)15-9-8-12-18-10-4-2-5-11-18/h2-15H,1H3/b12-8+,15-9+. The third-order valence-corrected chi connectivity index (χ3v) is 3.66. The fraction of sp³-hybridized carbons (Fsp3) is 0.0476. The van der Waals surface area contributed by atoms with Crippen LogP contribution < -0.4 is 0 Å². The average molecular weight is 311 g/mol. The van der Waals surface area contributed by atoms with Crippen molar-refractivity contribution in [3.8, 4) is 11.8 Å². The van der Waals surface area contributed by atoms with E-state index in [1.807, 2.05) is 91.9 Å². The highest BCUT2D eigenvalue weighted by Gasteiger charge is 2.13. The molecular formula is C21H17N3. The Labute approximate surface area is 141 Å². The number of aromatic nitrogens is 2. The van der Waals surface area contributed by atoms with Crippen LogP contribution in [0.5, 0.6) is 0 Å². The highest BCUT2D eigenvalue weighted by molar-refractivity contribution is 5.62. The van der Waals surface area contributed by atoms with Gasteiger partial charge in [-0.3, -0.25) is 0 Å². The topological polar surface area (TPSA) is 41.6 Å². The van der Waals surface area contributed by atoms with Crippen LogP contribution in [0.15, 0.2) is 72.8 Å². The summed E-state index contributed by atoms with van der Waals surface area (Å²) in [5.74, 6) is 0. The highest BCUT2D eigenvalue weighted by Crippen LogP contribution is 2.19. The first-order valence-corrected chi connectivity index (χ1v) is 7.74. The third kappa shape index (κ3) is 3.34. The van der Waals surface area contributed by atoms with Crippen LogP contribution in [0.4, 0.5) is 0 Å². The summed E-state index contributed by atoms with van der Waals surface area (Å²) >= 11 is 0. The normalized spacial score (nSPS) is 11.2. The molecule has 0 unspecified atom stereocenters. The van der Waals surface area contributed by atoms with E-state index in [2.05, 4.69) is 11.2 Å². The first kappa shape index (κ1) is 15.5. The minimum atomic E-state index is 0.600. The number of rotatable bonds is 4. The van der Waals surface area contributed by atoms with Crippen LogP contribution in [-0.2, 0) is 0 Å². The van der Waals surface area contributed by atoms with Crippen molar-refractivity contribution >= 4 is 12.2 Å². The first-order chi connectivity index (χ1) is 11.8. The molecule has 2 aromatic carbocycles. The summed E-state index contributed by atoms with van der Waals surface area (Å²) in [6, 6.07) is 22.2. The molecule has 0 atom stereocenters. The summed E-state index contributed by atoms with van der Waals surface area (Å²) in [5, 5.41) is 13.9. The zero-order valence-corrected chi connectivity index (χ0v) is 13.4. The first-order valence-electron chi connectivity index (χ1n) is 7.74. The fourth-order valence-corrected chi connectivity index (χ4v) is 2.48. The summed E-state index contributed by atoms with van der Waals surface area (Å²) in [5.41, 5.74) is 4.19. The zero-order valence-electron chi connectivity index (χ0n) is 13.4. The van der Waals surface area contributed by atoms with Crippen LogP contribution in [0, 0.1) is 18.3 Å². The molecule has 3 aromatic rings. The molecule has 0 aliphatic carbocycles. The van der Waals surface area contributed by atoms with E-state index < -0.39 is 0 Å². The average Bonchev–Trinajstić information content (AvgIpc) is 2.96. The molecule has 3 nitrogen and oxygen atoms in total. The van der Waals surface area contributed by atoms with Crippen LogP contribution in [0.3, 0.4) is 0 Å². The SMILES string of the molecule is Cc1nn(-c2ccccc2)c(/C=C/C=C/c2ccccc2)c1C#N. The van der Waals surface area contributed by atoms with Crippen molar-refractivity contribution in [2.75, 3.05) is 0 Å². The Hall–Kier alpha value is -3.38. The second kappa shape index (κ2) is 7.26. The van der Waals surface area contributed by atoms with Gasteiger partial charge in [-0.1, -0.05) is 66.8 Å². The maximum absolute atomic E-state index is 9.44. The van der Waals surface area contributed by atoms with Gasteiger partial charge in [0.15, 0.2) is 0 Å². The van der Waals surface area contributed by atoms with Crippen LogP contribution in [0.25, 0.3) is 17.8 Å². The van der Waals surface area contributed by atoms with Gasteiger partial charge in [0.25, 0.3) is 0 Å². The Kier molecular flexibility index (Phi) is 4.69. The summed E-state index contributed by atoms with van der Waals surface area (Å²) in [7, 11) is 0. The lowest BCUT2D eigenvalue weighted by atomic mass is 10.1. The largest absolute Gasteiger partial charge is 0.232 e. The van der Waals surface area contributed by atoms with Crippen molar-refractivity contribution in [1.82, 2.24) is 9.78 Å². The molecule has 0 aliphatic rings. The molecule has 3 heteroatoms. The van der Waals surface area contributed by atoms with E-state index >= 15 is 0 Å². The van der Waals surface area contributed by atoms with Gasteiger partial charge in [0.05, 0.1) is 17.1 Å². The number of hydrogen-bond acceptors (Lipinski definition) is 2. The molecule has 116 valence electrons. The summed E-state index contributed by atoms with van der Waals surface area (Å²) in [6.45, 7) is 1.86. The van der Waals surface area contributed by atoms with Crippen LogP contribution in [0.2, 0.25) is 0 Å². The van der Waals surface area contributed by atoms with Gasteiger partial charge in [0.1, 0.15) is 11.6 Å². The van der Waals surface area contributed by atoms with Crippen molar-refractivity contribution in [1.29, 1.82) is 5.26 Å². The monoisotopic (exact) mass is 311 g/mol. The highest BCUT2D eigenvalue weighted by atomic mass is 15.3. The Morgan fingerprint density at radius 3 is 2.21 bits per heavy atom. The molecule has 0 amide bonds. The Morgan fingerprint density at radius 2 is 1.54 bits per heavy atom. The van der Waals surface area contributed by atoms with E-state index in [1.54, 1.807) is 4.68 Å². The van der Waals surface area contributed by atoms with Gasteiger partial charge in [0, 0.05) is 0 Å². The molecule has 0 spiro atoms. The third-order valence-electron chi connectivity index (χ3n) is 3.66. The lowest BCUT2D eigenvalue weighted by Crippen LogP contribution is -1.98. The minimum absolute atomic E-state index is 0.600. The van der Waals surface area contributed by atoms with Crippen molar-refractivity contribution in [3.05, 3.63) is 95.3 Å². The molecule has 0 saturated carbocycles. The van der Waals surface area contributed by atoms with Gasteiger partial charge < -0.3 is 0 Å². The Morgan fingerprint density at radius 1 is 0.917 bits per heavy atom. The van der Waals surface area contributed by atoms with E-state index in [4.69, 9.17) is 0 Å². The number of allylic oxidation sites excluding steroid dienone is 2. The van der Waals surface area contributed by atoms with Crippen molar-refractivity contribution < 1.29 is 0 Å². The summed E-state index contributed by atoms with van der Waals surface area (Å²) < 4.78 is 1.81. The van der Waals surface area contributed by atoms with Crippen molar-refractivity contribution in [2.24, 2.45) is 0 Å². The number of nitrogens with zero attached hydrogens (tertiary/aromatic N) is 3. The number of hydrogen-bond donors (Lipinski definition) is 0. The molecule has 0 radical (unpaired) electrons. The van der Waals surface area contributed by atoms with Crippen LogP contribution in [-0.4, -0.2) is 9.78 Å². The van der Waals surface area contributed by atoms with Gasteiger partial charge in [-0.2, -0.15) is 10.4 Å². The molecular weight excluding hydrogens is 294 g/mol. The van der Waals surface area contributed by atoms with Crippen LogP contribution in [0.1, 0.15) is 22.5 Å². The van der Waals surface area contributed by atoms with Gasteiger partial charge in [-0.05, 0) is 30.7 Å². The number of para-hydroxylation sites is 1. The zero-order chi connectivity index (χ0) is 16.8. The van der Waals surface area contributed by atoms with Gasteiger partial charge in [0.2, 0.25) is 0 Å². The second-order valence-corrected chi connectivity index (χ2v) is 5.33. The van der Waals surface area contributed by atoms with Crippen LogP contribution >= 0.6 is 0 Å². The van der Waals surface area contributed by atoms with Crippen molar-refractivity contribution in [3.63, 3.8) is 0 Å². The van der Waals surface area contributed by atoms with E-state index in [1.165, 1.54) is 0 Å².